The third-order valence-corrected chi connectivity index (χ3v) is 6.08. The van der Waals surface area contributed by atoms with Gasteiger partial charge in [-0.25, -0.2) is 9.97 Å². The predicted octanol–water partition coefficient (Wildman–Crippen LogP) is 2.94. The Hall–Kier alpha value is -4.12. The number of nitrogens with zero attached hydrogens (tertiary/aromatic N) is 6. The maximum absolute atomic E-state index is 9.77. The Bertz CT molecular complexity index is 1320. The van der Waals surface area contributed by atoms with E-state index in [4.69, 9.17) is 19.2 Å². The number of hydrogen-bond acceptors (Lipinski definition) is 10. The van der Waals surface area contributed by atoms with Gasteiger partial charge in [0.1, 0.15) is 18.0 Å². The van der Waals surface area contributed by atoms with Gasteiger partial charge in [-0.1, -0.05) is 0 Å². The minimum absolute atomic E-state index is 0.00301. The summed E-state index contributed by atoms with van der Waals surface area (Å²) in [5.74, 6) is 3.34. The first-order valence-corrected chi connectivity index (χ1v) is 11.3. The Morgan fingerprint density at radius 3 is 2.60 bits per heavy atom. The van der Waals surface area contributed by atoms with Gasteiger partial charge in [0, 0.05) is 24.9 Å². The number of aliphatic hydroxyl groups is 1. The van der Waals surface area contributed by atoms with Crippen LogP contribution in [0.1, 0.15) is 12.8 Å². The summed E-state index contributed by atoms with van der Waals surface area (Å²) in [6, 6.07) is 7.45. The molecule has 1 aliphatic heterocycles. The van der Waals surface area contributed by atoms with Crippen molar-refractivity contribution < 1.29 is 19.3 Å². The molecule has 0 spiro atoms. The van der Waals surface area contributed by atoms with Crippen molar-refractivity contribution in [2.24, 2.45) is 0 Å². The van der Waals surface area contributed by atoms with E-state index >= 15 is 0 Å². The normalized spacial score (nSPS) is 15.4. The lowest BCUT2D eigenvalue weighted by Gasteiger charge is -2.23. The summed E-state index contributed by atoms with van der Waals surface area (Å²) in [5.41, 5.74) is 1.37. The molecule has 0 aliphatic carbocycles. The Balaban J connectivity index is 1.50. The molecule has 4 aromatic rings. The maximum Gasteiger partial charge on any atom is 0.229 e. The molecule has 0 saturated carbocycles. The summed E-state index contributed by atoms with van der Waals surface area (Å²) in [7, 11) is 4.73. The molecule has 1 aromatic carbocycles. The number of benzene rings is 1. The summed E-state index contributed by atoms with van der Waals surface area (Å²) >= 11 is 0. The fourth-order valence-electron chi connectivity index (χ4n) is 4.33. The van der Waals surface area contributed by atoms with Crippen LogP contribution in [0.3, 0.4) is 0 Å². The lowest BCUT2D eigenvalue weighted by atomic mass is 10.2. The van der Waals surface area contributed by atoms with Crippen molar-refractivity contribution in [3.63, 3.8) is 0 Å². The Labute approximate surface area is 202 Å². The third-order valence-electron chi connectivity index (χ3n) is 6.08. The van der Waals surface area contributed by atoms with Crippen molar-refractivity contribution in [3.8, 4) is 22.9 Å². The first kappa shape index (κ1) is 22.7. The van der Waals surface area contributed by atoms with E-state index in [9.17, 15) is 5.11 Å². The molecular formula is C24H27N7O4. The molecule has 5 rings (SSSR count). The van der Waals surface area contributed by atoms with Crippen LogP contribution in [-0.2, 0) is 0 Å². The van der Waals surface area contributed by atoms with Crippen LogP contribution in [0.15, 0.2) is 43.0 Å². The van der Waals surface area contributed by atoms with E-state index in [1.807, 2.05) is 39.9 Å². The molecule has 11 heteroatoms. The van der Waals surface area contributed by atoms with Gasteiger partial charge in [0.15, 0.2) is 17.1 Å². The van der Waals surface area contributed by atoms with Crippen molar-refractivity contribution in [3.05, 3.63) is 43.0 Å². The Morgan fingerprint density at radius 2 is 1.89 bits per heavy atom. The molecule has 0 unspecified atom stereocenters. The molecule has 1 fully saturated rings. The van der Waals surface area contributed by atoms with E-state index in [2.05, 4.69) is 20.3 Å². The summed E-state index contributed by atoms with van der Waals surface area (Å²) in [5, 5.41) is 13.9. The number of fused-ring (bicyclic) bond motifs is 1. The van der Waals surface area contributed by atoms with Gasteiger partial charge in [-0.2, -0.15) is 9.97 Å². The highest BCUT2D eigenvalue weighted by Crippen LogP contribution is 2.39. The Kier molecular flexibility index (Phi) is 6.23. The SMILES string of the molecule is COc1cc(-n2cnc(Nc3nc(N4CCC[C@H]4CO)nc4ncccc34)c2)cc(OC)c1OC. The molecule has 1 saturated heterocycles. The van der Waals surface area contributed by atoms with Gasteiger partial charge in [-0.3, -0.25) is 0 Å². The smallest absolute Gasteiger partial charge is 0.229 e. The average molecular weight is 478 g/mol. The highest BCUT2D eigenvalue weighted by atomic mass is 16.5. The van der Waals surface area contributed by atoms with Crippen LogP contribution < -0.4 is 24.4 Å². The summed E-state index contributed by atoms with van der Waals surface area (Å²) in [4.78, 5) is 20.4. The minimum Gasteiger partial charge on any atom is -0.493 e. The standard InChI is InChI=1S/C24H27N7O4/c1-33-18-10-16(11-19(34-2)21(18)35-3)30-12-20(26-14-30)27-23-17-7-4-8-25-22(17)28-24(29-23)31-9-5-6-15(31)13-32/h4,7-8,10-12,14-15,32H,5-6,9,13H2,1-3H3,(H,25,27,28,29)/t15-/m0/s1. The molecule has 182 valence electrons. The number of methoxy groups -OCH3 is 3. The van der Waals surface area contributed by atoms with E-state index in [0.29, 0.717) is 40.5 Å². The summed E-state index contributed by atoms with van der Waals surface area (Å²) in [6.45, 7) is 0.852. The van der Waals surface area contributed by atoms with Crippen molar-refractivity contribution in [1.29, 1.82) is 0 Å². The second-order valence-electron chi connectivity index (χ2n) is 8.09. The predicted molar refractivity (Wildman–Crippen MR) is 131 cm³/mol. The van der Waals surface area contributed by atoms with Gasteiger partial charge in [0.05, 0.1) is 51.2 Å². The summed E-state index contributed by atoms with van der Waals surface area (Å²) < 4.78 is 18.2. The molecule has 2 N–H and O–H groups in total. The van der Waals surface area contributed by atoms with Crippen molar-refractivity contribution in [2.75, 3.05) is 44.7 Å². The summed E-state index contributed by atoms with van der Waals surface area (Å²) in [6.07, 6.45) is 7.12. The van der Waals surface area contributed by atoms with Crippen LogP contribution in [-0.4, -0.2) is 70.1 Å². The average Bonchev–Trinajstić information content (AvgIpc) is 3.57. The van der Waals surface area contributed by atoms with Gasteiger partial charge in [-0.05, 0) is 25.0 Å². The van der Waals surface area contributed by atoms with Crippen molar-refractivity contribution in [2.45, 2.75) is 18.9 Å². The zero-order valence-electron chi connectivity index (χ0n) is 19.8. The number of anilines is 3. The van der Waals surface area contributed by atoms with Crippen molar-refractivity contribution in [1.82, 2.24) is 24.5 Å². The topological polar surface area (TPSA) is 120 Å². The highest BCUT2D eigenvalue weighted by Gasteiger charge is 2.27. The number of ether oxygens (including phenoxy) is 3. The van der Waals surface area contributed by atoms with E-state index < -0.39 is 0 Å². The number of rotatable bonds is 8. The van der Waals surface area contributed by atoms with E-state index in [1.54, 1.807) is 33.9 Å². The van der Waals surface area contributed by atoms with Crippen LogP contribution in [0.4, 0.5) is 17.6 Å². The number of aliphatic hydroxyl groups excluding tert-OH is 1. The molecule has 0 bridgehead atoms. The monoisotopic (exact) mass is 477 g/mol. The second kappa shape index (κ2) is 9.63. The number of nitrogens with one attached hydrogen (secondary N) is 1. The van der Waals surface area contributed by atoms with E-state index in [1.165, 1.54) is 0 Å². The Morgan fingerprint density at radius 1 is 1.09 bits per heavy atom. The largest absolute Gasteiger partial charge is 0.493 e. The molecule has 1 atom stereocenters. The zero-order chi connectivity index (χ0) is 24.4. The van der Waals surface area contributed by atoms with Crippen LogP contribution in [0, 0.1) is 0 Å². The van der Waals surface area contributed by atoms with Crippen LogP contribution in [0.2, 0.25) is 0 Å². The van der Waals surface area contributed by atoms with E-state index in [0.717, 1.165) is 30.5 Å². The zero-order valence-corrected chi connectivity index (χ0v) is 19.8. The number of pyridine rings is 1. The molecular weight excluding hydrogens is 450 g/mol. The number of hydrogen-bond donors (Lipinski definition) is 2. The third kappa shape index (κ3) is 4.26. The number of imidazole rings is 1. The molecule has 0 radical (unpaired) electrons. The first-order valence-electron chi connectivity index (χ1n) is 11.3. The maximum atomic E-state index is 9.77. The fraction of sp³-hybridized carbons (Fsp3) is 0.333. The molecule has 35 heavy (non-hydrogen) atoms. The highest BCUT2D eigenvalue weighted by molar-refractivity contribution is 5.89. The first-order chi connectivity index (χ1) is 17.1. The van der Waals surface area contributed by atoms with Gasteiger partial charge in [0.2, 0.25) is 11.7 Å². The lowest BCUT2D eigenvalue weighted by Crippen LogP contribution is -2.33. The van der Waals surface area contributed by atoms with Gasteiger partial charge >= 0.3 is 0 Å². The molecule has 11 nitrogen and oxygen atoms in total. The quantitative estimate of drug-likeness (QED) is 0.392. The van der Waals surface area contributed by atoms with Crippen LogP contribution >= 0.6 is 0 Å². The van der Waals surface area contributed by atoms with Crippen molar-refractivity contribution >= 4 is 28.6 Å². The molecule has 1 aliphatic rings. The van der Waals surface area contributed by atoms with Crippen LogP contribution in [0.25, 0.3) is 16.7 Å². The molecule has 3 aromatic heterocycles. The van der Waals surface area contributed by atoms with E-state index in [-0.39, 0.29) is 12.6 Å². The fourth-order valence-corrected chi connectivity index (χ4v) is 4.33. The molecule has 4 heterocycles. The number of aromatic nitrogens is 5. The molecule has 0 amide bonds. The van der Waals surface area contributed by atoms with Gasteiger partial charge in [-0.15, -0.1) is 0 Å². The second-order valence-corrected chi connectivity index (χ2v) is 8.09. The lowest BCUT2D eigenvalue weighted by molar-refractivity contribution is 0.265. The minimum atomic E-state index is 0.00301. The van der Waals surface area contributed by atoms with Gasteiger partial charge in [0.25, 0.3) is 0 Å². The van der Waals surface area contributed by atoms with Gasteiger partial charge < -0.3 is 34.1 Å². The van der Waals surface area contributed by atoms with Crippen LogP contribution in [0.5, 0.6) is 17.2 Å².